The lowest BCUT2D eigenvalue weighted by molar-refractivity contribution is -0.297. The number of aliphatic hydroxyl groups excluding tert-OH is 1. The molecular weight excluding hydrogens is 272 g/mol. The van der Waals surface area contributed by atoms with Crippen molar-refractivity contribution in [2.75, 3.05) is 20.8 Å². The van der Waals surface area contributed by atoms with Crippen molar-refractivity contribution in [2.45, 2.75) is 44.6 Å². The van der Waals surface area contributed by atoms with Gasteiger partial charge in [-0.25, -0.2) is 0 Å². The Labute approximate surface area is 116 Å². The van der Waals surface area contributed by atoms with Crippen LogP contribution < -0.4 is 0 Å². The summed E-state index contributed by atoms with van der Waals surface area (Å²) in [7, 11) is 2.76. The molecule has 1 aliphatic heterocycles. The van der Waals surface area contributed by atoms with Gasteiger partial charge in [0, 0.05) is 28.1 Å². The fourth-order valence-electron chi connectivity index (χ4n) is 2.10. The average Bonchev–Trinajstić information content (AvgIpc) is 2.33. The van der Waals surface area contributed by atoms with Crippen molar-refractivity contribution in [3.05, 3.63) is 0 Å². The summed E-state index contributed by atoms with van der Waals surface area (Å²) >= 11 is 0. The second-order valence-electron chi connectivity index (χ2n) is 4.37. The minimum Gasteiger partial charge on any atom is -0.456 e. The number of aliphatic hydroxyl groups is 1. The number of methoxy groups -OCH3 is 2. The zero-order valence-electron chi connectivity index (χ0n) is 11.9. The molecule has 116 valence electrons. The molecule has 20 heavy (non-hydrogen) atoms. The molecule has 8 heteroatoms. The van der Waals surface area contributed by atoms with E-state index in [0.29, 0.717) is 0 Å². The second kappa shape index (κ2) is 7.53. The summed E-state index contributed by atoms with van der Waals surface area (Å²) in [5.74, 6) is -1.15. The lowest BCUT2D eigenvalue weighted by Gasteiger charge is -2.42. The van der Waals surface area contributed by atoms with Crippen molar-refractivity contribution < 1.29 is 38.4 Å². The highest BCUT2D eigenvalue weighted by Gasteiger charge is 2.49. The molecule has 0 aromatic rings. The number of hydrogen-bond acceptors (Lipinski definition) is 8. The Bertz CT molecular complexity index is 344. The lowest BCUT2D eigenvalue weighted by atomic mass is 9.98. The molecule has 8 nitrogen and oxygen atoms in total. The van der Waals surface area contributed by atoms with Crippen LogP contribution in [0.3, 0.4) is 0 Å². The Hall–Kier alpha value is -1.22. The normalized spacial score (nSPS) is 33.5. The summed E-state index contributed by atoms with van der Waals surface area (Å²) in [6.45, 7) is 2.50. The molecule has 0 saturated carbocycles. The fourth-order valence-corrected chi connectivity index (χ4v) is 2.10. The van der Waals surface area contributed by atoms with Crippen LogP contribution in [0.1, 0.15) is 13.8 Å². The Balaban J connectivity index is 3.00. The molecule has 0 amide bonds. The molecule has 0 spiro atoms. The van der Waals surface area contributed by atoms with Crippen molar-refractivity contribution in [1.29, 1.82) is 0 Å². The van der Waals surface area contributed by atoms with Crippen molar-refractivity contribution in [1.82, 2.24) is 0 Å². The van der Waals surface area contributed by atoms with Gasteiger partial charge in [-0.3, -0.25) is 9.59 Å². The maximum Gasteiger partial charge on any atom is 0.303 e. The van der Waals surface area contributed by atoms with Crippen molar-refractivity contribution >= 4 is 11.9 Å². The maximum absolute atomic E-state index is 11.2. The molecule has 0 bridgehead atoms. The SMILES string of the molecule is COCC1OC(O)C(OC)C(OC(C)=O)C1OC(C)=O. The second-order valence-corrected chi connectivity index (χ2v) is 4.37. The van der Waals surface area contributed by atoms with Crippen molar-refractivity contribution in [2.24, 2.45) is 0 Å². The van der Waals surface area contributed by atoms with E-state index in [4.69, 9.17) is 23.7 Å². The van der Waals surface area contributed by atoms with Gasteiger partial charge in [0.15, 0.2) is 18.5 Å². The quantitative estimate of drug-likeness (QED) is 0.659. The number of esters is 2. The van der Waals surface area contributed by atoms with Gasteiger partial charge in [0.2, 0.25) is 0 Å². The molecule has 1 rings (SSSR count). The van der Waals surface area contributed by atoms with E-state index in [1.54, 1.807) is 0 Å². The summed E-state index contributed by atoms with van der Waals surface area (Å²) < 4.78 is 25.6. The van der Waals surface area contributed by atoms with E-state index in [-0.39, 0.29) is 6.61 Å². The maximum atomic E-state index is 11.2. The Morgan fingerprint density at radius 1 is 1.05 bits per heavy atom. The fraction of sp³-hybridized carbons (Fsp3) is 0.833. The third kappa shape index (κ3) is 4.14. The predicted octanol–water partition coefficient (Wildman–Crippen LogP) is -0.772. The monoisotopic (exact) mass is 292 g/mol. The van der Waals surface area contributed by atoms with Crippen LogP contribution in [0, 0.1) is 0 Å². The highest BCUT2D eigenvalue weighted by Crippen LogP contribution is 2.27. The van der Waals surface area contributed by atoms with E-state index < -0.39 is 42.6 Å². The molecule has 0 aromatic heterocycles. The average molecular weight is 292 g/mol. The van der Waals surface area contributed by atoms with Crippen LogP contribution in [0.15, 0.2) is 0 Å². The zero-order chi connectivity index (χ0) is 15.3. The molecular formula is C12H20O8. The van der Waals surface area contributed by atoms with Gasteiger partial charge < -0.3 is 28.8 Å². The Morgan fingerprint density at radius 3 is 2.05 bits per heavy atom. The van der Waals surface area contributed by atoms with Crippen LogP contribution in [0.4, 0.5) is 0 Å². The van der Waals surface area contributed by atoms with Crippen LogP contribution in [-0.4, -0.2) is 68.6 Å². The van der Waals surface area contributed by atoms with E-state index in [2.05, 4.69) is 0 Å². The van der Waals surface area contributed by atoms with E-state index >= 15 is 0 Å². The predicted molar refractivity (Wildman–Crippen MR) is 64.7 cm³/mol. The molecule has 1 fully saturated rings. The van der Waals surface area contributed by atoms with Crippen molar-refractivity contribution in [3.8, 4) is 0 Å². The van der Waals surface area contributed by atoms with Gasteiger partial charge in [-0.05, 0) is 0 Å². The van der Waals surface area contributed by atoms with Gasteiger partial charge >= 0.3 is 11.9 Å². The lowest BCUT2D eigenvalue weighted by Crippen LogP contribution is -2.61. The van der Waals surface area contributed by atoms with E-state index in [1.165, 1.54) is 28.1 Å². The molecule has 0 aliphatic carbocycles. The molecule has 1 heterocycles. The molecule has 0 radical (unpaired) electrons. The smallest absolute Gasteiger partial charge is 0.303 e. The van der Waals surface area contributed by atoms with E-state index in [1.807, 2.05) is 0 Å². The highest BCUT2D eigenvalue weighted by atomic mass is 16.7. The van der Waals surface area contributed by atoms with E-state index in [9.17, 15) is 14.7 Å². The summed E-state index contributed by atoms with van der Waals surface area (Å²) in [6.07, 6.45) is -4.96. The minimum absolute atomic E-state index is 0.0587. The third-order valence-corrected chi connectivity index (χ3v) is 2.82. The van der Waals surface area contributed by atoms with Crippen LogP contribution in [0.25, 0.3) is 0 Å². The van der Waals surface area contributed by atoms with Gasteiger partial charge in [0.25, 0.3) is 0 Å². The summed E-state index contributed by atoms with van der Waals surface area (Å²) in [6, 6.07) is 0. The van der Waals surface area contributed by atoms with E-state index in [0.717, 1.165) is 0 Å². The number of ether oxygens (including phenoxy) is 5. The Morgan fingerprint density at radius 2 is 1.60 bits per heavy atom. The molecule has 5 unspecified atom stereocenters. The van der Waals surface area contributed by atoms with Crippen LogP contribution in [0.5, 0.6) is 0 Å². The minimum atomic E-state index is -1.32. The molecule has 1 aliphatic rings. The van der Waals surface area contributed by atoms with Crippen LogP contribution in [-0.2, 0) is 33.3 Å². The number of carbonyl (C=O) groups excluding carboxylic acids is 2. The first-order valence-corrected chi connectivity index (χ1v) is 6.10. The number of rotatable bonds is 5. The molecule has 1 N–H and O–H groups in total. The topological polar surface area (TPSA) is 101 Å². The van der Waals surface area contributed by atoms with Gasteiger partial charge in [0.05, 0.1) is 6.61 Å². The highest BCUT2D eigenvalue weighted by molar-refractivity contribution is 5.67. The first kappa shape index (κ1) is 16.8. The molecule has 5 atom stereocenters. The standard InChI is InChI=1S/C12H20O8/c1-6(13)18-9-8(5-16-3)20-12(15)11(17-4)10(9)19-7(2)14/h8-12,15H,5H2,1-4H3. The van der Waals surface area contributed by atoms with Gasteiger partial charge in [-0.2, -0.15) is 0 Å². The summed E-state index contributed by atoms with van der Waals surface area (Å²) in [5, 5.41) is 9.87. The van der Waals surface area contributed by atoms with Crippen LogP contribution >= 0.6 is 0 Å². The van der Waals surface area contributed by atoms with Gasteiger partial charge in [0.1, 0.15) is 12.2 Å². The van der Waals surface area contributed by atoms with Crippen LogP contribution in [0.2, 0.25) is 0 Å². The Kier molecular flexibility index (Phi) is 6.34. The largest absolute Gasteiger partial charge is 0.456 e. The molecule has 1 saturated heterocycles. The number of hydrogen-bond donors (Lipinski definition) is 1. The molecule has 0 aromatic carbocycles. The first-order chi connectivity index (χ1) is 9.40. The zero-order valence-corrected chi connectivity index (χ0v) is 11.9. The van der Waals surface area contributed by atoms with Gasteiger partial charge in [-0.15, -0.1) is 0 Å². The first-order valence-electron chi connectivity index (χ1n) is 6.10. The summed E-state index contributed by atoms with van der Waals surface area (Å²) in [4.78, 5) is 22.4. The van der Waals surface area contributed by atoms with Gasteiger partial charge in [-0.1, -0.05) is 0 Å². The third-order valence-electron chi connectivity index (χ3n) is 2.82. The number of carbonyl (C=O) groups is 2. The van der Waals surface area contributed by atoms with Crippen molar-refractivity contribution in [3.63, 3.8) is 0 Å². The summed E-state index contributed by atoms with van der Waals surface area (Å²) in [5.41, 5.74) is 0.